The summed E-state index contributed by atoms with van der Waals surface area (Å²) >= 11 is 0. The first-order valence-electron chi connectivity index (χ1n) is 6.68. The standard InChI is InChI=1S/C14H19N3O3S/c1-4-5-11-9-14(16-15-11)17-21(18,19)13-8-10(2)6-7-12(13)20-3/h6-9H,4-5H2,1-3H3,(H2,15,16,17). The highest BCUT2D eigenvalue weighted by Crippen LogP contribution is 2.26. The monoisotopic (exact) mass is 309 g/mol. The van der Waals surface area contributed by atoms with Gasteiger partial charge in [-0.15, -0.1) is 0 Å². The average molecular weight is 309 g/mol. The molecule has 0 aliphatic heterocycles. The van der Waals surface area contributed by atoms with Crippen molar-refractivity contribution in [3.05, 3.63) is 35.5 Å². The molecule has 0 atom stereocenters. The second-order valence-electron chi connectivity index (χ2n) is 4.79. The lowest BCUT2D eigenvalue weighted by molar-refractivity contribution is 0.402. The molecule has 6 nitrogen and oxygen atoms in total. The molecule has 0 bridgehead atoms. The number of aryl methyl sites for hydroxylation is 2. The van der Waals surface area contributed by atoms with E-state index in [1.54, 1.807) is 24.3 Å². The fourth-order valence-corrected chi connectivity index (χ4v) is 3.25. The maximum Gasteiger partial charge on any atom is 0.266 e. The number of anilines is 1. The minimum atomic E-state index is -3.74. The Labute approximate surface area is 124 Å². The molecule has 2 N–H and O–H groups in total. The first-order valence-corrected chi connectivity index (χ1v) is 8.16. The van der Waals surface area contributed by atoms with Crippen LogP contribution >= 0.6 is 0 Å². The SMILES string of the molecule is CCCc1cc(NS(=O)(=O)c2cc(C)ccc2OC)n[nH]1. The van der Waals surface area contributed by atoms with Gasteiger partial charge in [0.1, 0.15) is 10.6 Å². The van der Waals surface area contributed by atoms with Crippen molar-refractivity contribution >= 4 is 15.8 Å². The lowest BCUT2D eigenvalue weighted by Crippen LogP contribution is -2.14. The number of methoxy groups -OCH3 is 1. The van der Waals surface area contributed by atoms with Gasteiger partial charge in [0, 0.05) is 11.8 Å². The Bertz CT molecular complexity index is 723. The van der Waals surface area contributed by atoms with Crippen LogP contribution in [-0.2, 0) is 16.4 Å². The number of H-pyrrole nitrogens is 1. The van der Waals surface area contributed by atoms with E-state index >= 15 is 0 Å². The van der Waals surface area contributed by atoms with Gasteiger partial charge in [-0.3, -0.25) is 9.82 Å². The predicted octanol–water partition coefficient (Wildman–Crippen LogP) is 2.48. The lowest BCUT2D eigenvalue weighted by Gasteiger charge is -2.10. The number of aromatic amines is 1. The number of benzene rings is 1. The van der Waals surface area contributed by atoms with Gasteiger partial charge in [0.25, 0.3) is 10.0 Å². The maximum atomic E-state index is 12.5. The van der Waals surface area contributed by atoms with E-state index in [0.717, 1.165) is 24.1 Å². The summed E-state index contributed by atoms with van der Waals surface area (Å²) in [7, 11) is -2.30. The van der Waals surface area contributed by atoms with Crippen LogP contribution in [0, 0.1) is 6.92 Å². The van der Waals surface area contributed by atoms with Crippen LogP contribution in [0.1, 0.15) is 24.6 Å². The van der Waals surface area contributed by atoms with E-state index in [-0.39, 0.29) is 10.7 Å². The van der Waals surface area contributed by atoms with Crippen LogP contribution in [0.5, 0.6) is 5.75 Å². The first kappa shape index (κ1) is 15.4. The van der Waals surface area contributed by atoms with E-state index in [1.165, 1.54) is 7.11 Å². The summed E-state index contributed by atoms with van der Waals surface area (Å²) < 4.78 is 32.5. The van der Waals surface area contributed by atoms with Gasteiger partial charge in [0.2, 0.25) is 0 Å². The number of sulfonamides is 1. The maximum absolute atomic E-state index is 12.5. The molecule has 0 saturated heterocycles. The predicted molar refractivity (Wildman–Crippen MR) is 81.1 cm³/mol. The fourth-order valence-electron chi connectivity index (χ4n) is 2.00. The third-order valence-electron chi connectivity index (χ3n) is 3.00. The van der Waals surface area contributed by atoms with Crippen molar-refractivity contribution in [2.75, 3.05) is 11.8 Å². The minimum absolute atomic E-state index is 0.102. The molecule has 0 aliphatic rings. The zero-order valence-electron chi connectivity index (χ0n) is 12.3. The molecular formula is C14H19N3O3S. The molecule has 0 amide bonds. The largest absolute Gasteiger partial charge is 0.495 e. The summed E-state index contributed by atoms with van der Waals surface area (Å²) in [4.78, 5) is 0.102. The van der Waals surface area contributed by atoms with Crippen molar-refractivity contribution in [3.63, 3.8) is 0 Å². The van der Waals surface area contributed by atoms with Gasteiger partial charge in [0.15, 0.2) is 5.82 Å². The third kappa shape index (κ3) is 3.55. The highest BCUT2D eigenvalue weighted by molar-refractivity contribution is 7.92. The van der Waals surface area contributed by atoms with E-state index in [4.69, 9.17) is 4.74 Å². The zero-order valence-corrected chi connectivity index (χ0v) is 13.1. The number of nitrogens with zero attached hydrogens (tertiary/aromatic N) is 1. The number of rotatable bonds is 6. The van der Waals surface area contributed by atoms with Crippen molar-refractivity contribution in [1.29, 1.82) is 0 Å². The van der Waals surface area contributed by atoms with Crippen molar-refractivity contribution in [2.24, 2.45) is 0 Å². The van der Waals surface area contributed by atoms with Gasteiger partial charge in [-0.2, -0.15) is 5.10 Å². The Morgan fingerprint density at radius 2 is 2.10 bits per heavy atom. The van der Waals surface area contributed by atoms with E-state index < -0.39 is 10.0 Å². The molecule has 21 heavy (non-hydrogen) atoms. The summed E-state index contributed by atoms with van der Waals surface area (Å²) in [6.45, 7) is 3.87. The van der Waals surface area contributed by atoms with Gasteiger partial charge in [-0.05, 0) is 31.0 Å². The van der Waals surface area contributed by atoms with Crippen molar-refractivity contribution < 1.29 is 13.2 Å². The summed E-state index contributed by atoms with van der Waals surface area (Å²) in [5.41, 5.74) is 1.73. The van der Waals surface area contributed by atoms with Crippen LogP contribution in [0.4, 0.5) is 5.82 Å². The number of ether oxygens (including phenoxy) is 1. The van der Waals surface area contributed by atoms with Crippen molar-refractivity contribution in [3.8, 4) is 5.75 Å². The molecular weight excluding hydrogens is 290 g/mol. The number of nitrogens with one attached hydrogen (secondary N) is 2. The molecule has 0 radical (unpaired) electrons. The Balaban J connectivity index is 2.31. The molecule has 2 rings (SSSR count). The Hall–Kier alpha value is -2.02. The number of hydrogen-bond acceptors (Lipinski definition) is 4. The molecule has 0 fully saturated rings. The Morgan fingerprint density at radius 3 is 2.76 bits per heavy atom. The number of hydrogen-bond donors (Lipinski definition) is 2. The minimum Gasteiger partial charge on any atom is -0.495 e. The molecule has 2 aromatic rings. The van der Waals surface area contributed by atoms with Crippen LogP contribution in [0.15, 0.2) is 29.2 Å². The van der Waals surface area contributed by atoms with Gasteiger partial charge in [-0.1, -0.05) is 19.4 Å². The molecule has 1 aromatic carbocycles. The summed E-state index contributed by atoms with van der Waals surface area (Å²) in [6.07, 6.45) is 1.78. The van der Waals surface area contributed by atoms with Crippen LogP contribution in [0.2, 0.25) is 0 Å². The summed E-state index contributed by atoms with van der Waals surface area (Å²) in [5, 5.41) is 6.78. The lowest BCUT2D eigenvalue weighted by atomic mass is 10.2. The molecule has 1 heterocycles. The Morgan fingerprint density at radius 1 is 1.33 bits per heavy atom. The van der Waals surface area contributed by atoms with E-state index in [0.29, 0.717) is 5.75 Å². The summed E-state index contributed by atoms with van der Waals surface area (Å²) in [6, 6.07) is 6.70. The van der Waals surface area contributed by atoms with Crippen LogP contribution < -0.4 is 9.46 Å². The van der Waals surface area contributed by atoms with E-state index in [9.17, 15) is 8.42 Å². The van der Waals surface area contributed by atoms with Crippen LogP contribution in [0.25, 0.3) is 0 Å². The number of aromatic nitrogens is 2. The molecule has 0 spiro atoms. The van der Waals surface area contributed by atoms with Gasteiger partial charge < -0.3 is 4.74 Å². The second-order valence-corrected chi connectivity index (χ2v) is 6.44. The Kier molecular flexibility index (Phi) is 4.52. The smallest absolute Gasteiger partial charge is 0.266 e. The fraction of sp³-hybridized carbons (Fsp3) is 0.357. The van der Waals surface area contributed by atoms with Crippen molar-refractivity contribution in [2.45, 2.75) is 31.6 Å². The average Bonchev–Trinajstić information content (AvgIpc) is 2.86. The van der Waals surface area contributed by atoms with Gasteiger partial charge in [-0.25, -0.2) is 8.42 Å². The molecule has 0 saturated carbocycles. The highest BCUT2D eigenvalue weighted by atomic mass is 32.2. The van der Waals surface area contributed by atoms with E-state index in [1.807, 2.05) is 13.8 Å². The second kappa shape index (κ2) is 6.17. The molecule has 1 aromatic heterocycles. The van der Waals surface area contributed by atoms with E-state index in [2.05, 4.69) is 14.9 Å². The van der Waals surface area contributed by atoms with Gasteiger partial charge in [0.05, 0.1) is 7.11 Å². The zero-order chi connectivity index (χ0) is 15.5. The quantitative estimate of drug-likeness (QED) is 0.858. The highest BCUT2D eigenvalue weighted by Gasteiger charge is 2.20. The first-order chi connectivity index (χ1) is 9.96. The molecule has 114 valence electrons. The van der Waals surface area contributed by atoms with Crippen molar-refractivity contribution in [1.82, 2.24) is 10.2 Å². The topological polar surface area (TPSA) is 84.1 Å². The summed E-state index contributed by atoms with van der Waals surface area (Å²) in [5.74, 6) is 0.583. The van der Waals surface area contributed by atoms with Crippen LogP contribution in [0.3, 0.4) is 0 Å². The molecule has 7 heteroatoms. The normalized spacial score (nSPS) is 11.4. The molecule has 0 unspecified atom stereocenters. The van der Waals surface area contributed by atoms with Gasteiger partial charge >= 0.3 is 0 Å². The third-order valence-corrected chi connectivity index (χ3v) is 4.37. The van der Waals surface area contributed by atoms with Crippen LogP contribution in [-0.4, -0.2) is 25.7 Å². The molecule has 0 aliphatic carbocycles.